The molecule has 0 amide bonds. The fourth-order valence-corrected chi connectivity index (χ4v) is 1.62. The lowest BCUT2D eigenvalue weighted by atomic mass is 10.5. The number of carboxylic acid groups (broad SMARTS) is 1. The molecule has 0 aromatic carbocycles. The van der Waals surface area contributed by atoms with Crippen molar-refractivity contribution in [2.24, 2.45) is 0 Å². The smallest absolute Gasteiger partial charge is 0.341 e. The third kappa shape index (κ3) is 4.63. The van der Waals surface area contributed by atoms with Gasteiger partial charge in [-0.1, -0.05) is 46.4 Å². The highest BCUT2D eigenvalue weighted by Gasteiger charge is 2.33. The summed E-state index contributed by atoms with van der Waals surface area (Å²) in [6, 6.07) is 1.59. The quantitative estimate of drug-likeness (QED) is 0.639. The molecule has 0 atom stereocenters. The van der Waals surface area contributed by atoms with Gasteiger partial charge < -0.3 is 5.11 Å². The van der Waals surface area contributed by atoms with Crippen LogP contribution in [0.3, 0.4) is 0 Å². The summed E-state index contributed by atoms with van der Waals surface area (Å²) in [7, 11) is 0. The number of rotatable bonds is 4. The Morgan fingerprint density at radius 3 is 2.36 bits per heavy atom. The molecule has 3 nitrogen and oxygen atoms in total. The lowest BCUT2D eigenvalue weighted by Crippen LogP contribution is -2.28. The molecule has 0 saturated carbocycles. The summed E-state index contributed by atoms with van der Waals surface area (Å²) in [5.41, 5.74) is 0. The third-order valence-corrected chi connectivity index (χ3v) is 3.90. The van der Waals surface area contributed by atoms with Crippen LogP contribution in [-0.4, -0.2) is 21.2 Å². The van der Waals surface area contributed by atoms with Crippen LogP contribution in [0.5, 0.6) is 0 Å². The van der Waals surface area contributed by atoms with Gasteiger partial charge in [0.2, 0.25) is 4.33 Å². The van der Waals surface area contributed by atoms with Crippen LogP contribution in [0.4, 0.5) is 0 Å². The molecule has 0 aliphatic heterocycles. The summed E-state index contributed by atoms with van der Waals surface area (Å²) in [6.07, 6.45) is 0. The van der Waals surface area contributed by atoms with Crippen molar-refractivity contribution in [2.45, 2.75) is 4.33 Å². The molecule has 0 radical (unpaired) electrons. The molecule has 0 heterocycles. The zero-order valence-corrected chi connectivity index (χ0v) is 10.3. The van der Waals surface area contributed by atoms with Crippen molar-refractivity contribution in [1.29, 1.82) is 5.26 Å². The largest absolute Gasteiger partial charge is 0.479 e. The van der Waals surface area contributed by atoms with Crippen LogP contribution in [0, 0.1) is 11.3 Å². The monoisotopic (exact) mass is 293 g/mol. The summed E-state index contributed by atoms with van der Waals surface area (Å²) in [6.45, 7) is 0. The first-order chi connectivity index (χ1) is 6.31. The highest BCUT2D eigenvalue weighted by atomic mass is 35.5. The maximum Gasteiger partial charge on any atom is 0.341 e. The number of halogens is 4. The first kappa shape index (κ1) is 14.2. The van der Waals surface area contributed by atoms with E-state index in [0.717, 1.165) is 11.8 Å². The van der Waals surface area contributed by atoms with Crippen molar-refractivity contribution in [3.05, 3.63) is 9.40 Å². The van der Waals surface area contributed by atoms with Gasteiger partial charge in [-0.2, -0.15) is 5.26 Å². The Morgan fingerprint density at radius 2 is 2.00 bits per heavy atom. The van der Waals surface area contributed by atoms with Crippen molar-refractivity contribution < 1.29 is 9.90 Å². The van der Waals surface area contributed by atoms with Crippen molar-refractivity contribution in [2.75, 3.05) is 5.75 Å². The molecular weight excluding hydrogens is 292 g/mol. The van der Waals surface area contributed by atoms with Crippen LogP contribution in [0.2, 0.25) is 0 Å². The molecule has 0 fully saturated rings. The van der Waals surface area contributed by atoms with Crippen LogP contribution in [0.15, 0.2) is 9.40 Å². The number of hydrogen-bond donors (Lipinski definition) is 1. The molecule has 0 aliphatic carbocycles. The molecule has 1 N–H and O–H groups in total. The molecule has 0 saturated heterocycles. The number of aliphatic carboxylic acids is 1. The molecule has 0 rings (SSSR count). The number of thioether (sulfide) groups is 1. The van der Waals surface area contributed by atoms with Gasteiger partial charge in [-0.3, -0.25) is 0 Å². The van der Waals surface area contributed by atoms with Gasteiger partial charge in [0.25, 0.3) is 0 Å². The van der Waals surface area contributed by atoms with E-state index in [4.69, 9.17) is 56.8 Å². The number of carbonyl (C=O) groups is 1. The lowest BCUT2D eigenvalue weighted by Gasteiger charge is -2.12. The SMILES string of the molecule is N#CC(Cl)=C(Cl)SCC(Cl)(Cl)C(=O)O. The minimum Gasteiger partial charge on any atom is -0.479 e. The molecule has 0 aromatic rings. The summed E-state index contributed by atoms with van der Waals surface area (Å²) >= 11 is 22.5. The standard InChI is InChI=1S/C6H3Cl4NO2S/c7-3(1-11)4(8)14-2-6(9,10)5(12)13/h2H2,(H,12,13). The van der Waals surface area contributed by atoms with Crippen LogP contribution in [0.25, 0.3) is 0 Å². The normalized spacial score (nSPS) is 13.1. The van der Waals surface area contributed by atoms with Crippen LogP contribution in [0.1, 0.15) is 0 Å². The van der Waals surface area contributed by atoms with Gasteiger partial charge in [0, 0.05) is 5.75 Å². The zero-order valence-electron chi connectivity index (χ0n) is 6.43. The molecule has 14 heavy (non-hydrogen) atoms. The maximum absolute atomic E-state index is 10.4. The van der Waals surface area contributed by atoms with Crippen molar-refractivity contribution in [3.63, 3.8) is 0 Å². The molecule has 0 aromatic heterocycles. The van der Waals surface area contributed by atoms with Gasteiger partial charge in [-0.05, 0) is 0 Å². The predicted octanol–water partition coefficient (Wildman–Crippen LogP) is 3.15. The third-order valence-electron chi connectivity index (χ3n) is 0.964. The van der Waals surface area contributed by atoms with Gasteiger partial charge in [-0.15, -0.1) is 11.8 Å². The highest BCUT2D eigenvalue weighted by molar-refractivity contribution is 8.04. The zero-order chi connectivity index (χ0) is 11.4. The first-order valence-electron chi connectivity index (χ1n) is 3.00. The predicted molar refractivity (Wildman–Crippen MR) is 58.9 cm³/mol. The number of nitrogens with zero attached hydrogens (tertiary/aromatic N) is 1. The first-order valence-corrected chi connectivity index (χ1v) is 5.50. The Labute approximate surface area is 105 Å². The number of nitriles is 1. The van der Waals surface area contributed by atoms with Crippen LogP contribution in [-0.2, 0) is 4.79 Å². The Morgan fingerprint density at radius 1 is 1.50 bits per heavy atom. The molecular formula is C6H3Cl4NO2S. The molecule has 0 unspecified atom stereocenters. The number of carboxylic acids is 1. The van der Waals surface area contributed by atoms with E-state index in [9.17, 15) is 4.79 Å². The fraction of sp³-hybridized carbons (Fsp3) is 0.333. The van der Waals surface area contributed by atoms with E-state index in [0.29, 0.717) is 0 Å². The summed E-state index contributed by atoms with van der Waals surface area (Å²) in [5.74, 6) is -1.59. The summed E-state index contributed by atoms with van der Waals surface area (Å²) in [4.78, 5) is 10.4. The van der Waals surface area contributed by atoms with E-state index in [1.807, 2.05) is 0 Å². The van der Waals surface area contributed by atoms with Crippen molar-refractivity contribution in [1.82, 2.24) is 0 Å². The van der Waals surface area contributed by atoms with E-state index in [1.54, 1.807) is 6.07 Å². The second-order valence-electron chi connectivity index (χ2n) is 2.00. The van der Waals surface area contributed by atoms with Crippen LogP contribution >= 0.6 is 58.2 Å². The van der Waals surface area contributed by atoms with Gasteiger partial charge in [0.15, 0.2) is 0 Å². The topological polar surface area (TPSA) is 61.1 Å². The Hall–Kier alpha value is 0.210. The number of alkyl halides is 2. The van der Waals surface area contributed by atoms with Crippen LogP contribution < -0.4 is 0 Å². The highest BCUT2D eigenvalue weighted by Crippen LogP contribution is 2.33. The maximum atomic E-state index is 10.4. The Kier molecular flexibility index (Phi) is 6.03. The second-order valence-corrected chi connectivity index (χ2v) is 5.45. The van der Waals surface area contributed by atoms with Gasteiger partial charge in [-0.25, -0.2) is 4.79 Å². The van der Waals surface area contributed by atoms with Crippen molar-refractivity contribution >= 4 is 64.1 Å². The van der Waals surface area contributed by atoms with Crippen molar-refractivity contribution in [3.8, 4) is 6.07 Å². The second kappa shape index (κ2) is 5.94. The molecule has 0 spiro atoms. The number of hydrogen-bond acceptors (Lipinski definition) is 3. The minimum atomic E-state index is -1.95. The van der Waals surface area contributed by atoms with E-state index in [1.165, 1.54) is 0 Å². The van der Waals surface area contributed by atoms with Gasteiger partial charge in [0.05, 0.1) is 0 Å². The summed E-state index contributed by atoms with van der Waals surface area (Å²) < 4.78 is -1.99. The molecule has 8 heteroatoms. The minimum absolute atomic E-state index is 0.0407. The van der Waals surface area contributed by atoms with Gasteiger partial charge in [0.1, 0.15) is 15.5 Å². The van der Waals surface area contributed by atoms with E-state index in [-0.39, 0.29) is 15.1 Å². The molecule has 78 valence electrons. The molecule has 0 aliphatic rings. The van der Waals surface area contributed by atoms with Gasteiger partial charge >= 0.3 is 5.97 Å². The number of allylic oxidation sites excluding steroid dienone is 1. The molecule has 0 bridgehead atoms. The average molecular weight is 295 g/mol. The lowest BCUT2D eigenvalue weighted by molar-refractivity contribution is -0.137. The van der Waals surface area contributed by atoms with E-state index in [2.05, 4.69) is 0 Å². The van der Waals surface area contributed by atoms with E-state index < -0.39 is 10.3 Å². The van der Waals surface area contributed by atoms with E-state index >= 15 is 0 Å². The average Bonchev–Trinajstić information content (AvgIpc) is 2.12. The Bertz CT molecular complexity index is 309. The Balaban J connectivity index is 4.36. The summed E-state index contributed by atoms with van der Waals surface area (Å²) in [5, 5.41) is 16.6. The fourth-order valence-electron chi connectivity index (χ4n) is 0.323.